The van der Waals surface area contributed by atoms with Crippen LogP contribution in [0.2, 0.25) is 0 Å². The summed E-state index contributed by atoms with van der Waals surface area (Å²) in [4.78, 5) is 7.76. The lowest BCUT2D eigenvalue weighted by atomic mass is 9.83. The average molecular weight is 506 g/mol. The fraction of sp³-hybridized carbons (Fsp3) is 0.750. The van der Waals surface area contributed by atoms with E-state index in [9.17, 15) is 13.2 Å². The Bertz CT molecular complexity index is 574. The Balaban J connectivity index is 0.00000338. The molecule has 26 heavy (non-hydrogen) atoms. The van der Waals surface area contributed by atoms with Gasteiger partial charge in [-0.3, -0.25) is 4.99 Å². The van der Waals surface area contributed by atoms with Crippen LogP contribution in [-0.4, -0.2) is 38.3 Å². The van der Waals surface area contributed by atoms with Gasteiger partial charge in [-0.1, -0.05) is 12.8 Å². The van der Waals surface area contributed by atoms with Crippen LogP contribution in [0.4, 0.5) is 13.2 Å². The zero-order valence-corrected chi connectivity index (χ0v) is 18.1. The van der Waals surface area contributed by atoms with Crippen LogP contribution >= 0.6 is 35.3 Å². The minimum Gasteiger partial charge on any atom is -0.385 e. The van der Waals surface area contributed by atoms with Gasteiger partial charge < -0.3 is 15.4 Å². The summed E-state index contributed by atoms with van der Waals surface area (Å²) < 4.78 is 43.0. The summed E-state index contributed by atoms with van der Waals surface area (Å²) in [7, 11) is 3.36. The second-order valence-corrected chi connectivity index (χ2v) is 7.30. The van der Waals surface area contributed by atoms with Gasteiger partial charge in [-0.05, 0) is 24.7 Å². The van der Waals surface area contributed by atoms with E-state index in [1.54, 1.807) is 14.2 Å². The zero-order chi connectivity index (χ0) is 18.3. The zero-order valence-electron chi connectivity index (χ0n) is 15.0. The lowest BCUT2D eigenvalue weighted by Gasteiger charge is -2.29. The lowest BCUT2D eigenvalue weighted by molar-refractivity contribution is -0.140. The molecule has 0 radical (unpaired) electrons. The number of thiazole rings is 1. The van der Waals surface area contributed by atoms with E-state index in [0.717, 1.165) is 49.1 Å². The van der Waals surface area contributed by atoms with Crippen LogP contribution in [0.25, 0.3) is 0 Å². The smallest absolute Gasteiger partial charge is 0.385 e. The highest BCUT2D eigenvalue weighted by Gasteiger charge is 2.34. The number of methoxy groups -OCH3 is 1. The highest BCUT2D eigenvalue weighted by atomic mass is 127. The largest absolute Gasteiger partial charge is 0.434 e. The third kappa shape index (κ3) is 6.84. The summed E-state index contributed by atoms with van der Waals surface area (Å²) in [5.74, 6) is 0.576. The van der Waals surface area contributed by atoms with Crippen molar-refractivity contribution in [2.75, 3.05) is 27.3 Å². The summed E-state index contributed by atoms with van der Waals surface area (Å²) in [5, 5.41) is 7.76. The molecule has 5 nitrogen and oxygen atoms in total. The fourth-order valence-electron chi connectivity index (χ4n) is 3.13. The van der Waals surface area contributed by atoms with Crippen molar-refractivity contribution in [3.63, 3.8) is 0 Å². The molecule has 1 heterocycles. The van der Waals surface area contributed by atoms with Crippen molar-refractivity contribution in [1.29, 1.82) is 0 Å². The Morgan fingerprint density at radius 1 is 1.35 bits per heavy atom. The Kier molecular flexibility index (Phi) is 9.59. The average Bonchev–Trinajstić information content (AvgIpc) is 3.23. The van der Waals surface area contributed by atoms with Crippen LogP contribution in [0, 0.1) is 5.41 Å². The van der Waals surface area contributed by atoms with E-state index in [-0.39, 0.29) is 35.9 Å². The van der Waals surface area contributed by atoms with Gasteiger partial charge in [-0.2, -0.15) is 13.2 Å². The Morgan fingerprint density at radius 2 is 2.04 bits per heavy atom. The first kappa shape index (κ1) is 23.4. The molecule has 1 aliphatic carbocycles. The molecule has 0 aromatic carbocycles. The number of alkyl halides is 3. The summed E-state index contributed by atoms with van der Waals surface area (Å²) >= 11 is 0.990. The number of halogens is 4. The number of nitrogens with one attached hydrogen (secondary N) is 2. The van der Waals surface area contributed by atoms with E-state index in [2.05, 4.69) is 20.6 Å². The summed E-state index contributed by atoms with van der Waals surface area (Å²) in [5.41, 5.74) is -0.639. The van der Waals surface area contributed by atoms with Crippen LogP contribution < -0.4 is 10.6 Å². The molecule has 0 atom stereocenters. The van der Waals surface area contributed by atoms with Gasteiger partial charge in [0, 0.05) is 32.7 Å². The lowest BCUT2D eigenvalue weighted by Crippen LogP contribution is -2.43. The Labute approximate surface area is 173 Å². The maximum absolute atomic E-state index is 12.6. The molecule has 1 aliphatic rings. The van der Waals surface area contributed by atoms with Crippen molar-refractivity contribution >= 4 is 41.3 Å². The first-order chi connectivity index (χ1) is 11.9. The van der Waals surface area contributed by atoms with Gasteiger partial charge >= 0.3 is 6.18 Å². The van der Waals surface area contributed by atoms with Crippen LogP contribution in [0.5, 0.6) is 0 Å². The van der Waals surface area contributed by atoms with Gasteiger partial charge in [0.05, 0.1) is 6.54 Å². The number of ether oxygens (including phenoxy) is 1. The maximum Gasteiger partial charge on any atom is 0.434 e. The van der Waals surface area contributed by atoms with E-state index in [4.69, 9.17) is 4.74 Å². The van der Waals surface area contributed by atoms with Gasteiger partial charge in [-0.15, -0.1) is 35.3 Å². The van der Waals surface area contributed by atoms with Crippen molar-refractivity contribution in [2.45, 2.75) is 44.8 Å². The fourth-order valence-corrected chi connectivity index (χ4v) is 3.87. The van der Waals surface area contributed by atoms with E-state index < -0.39 is 11.9 Å². The molecular weight excluding hydrogens is 480 g/mol. The first-order valence-corrected chi connectivity index (χ1v) is 9.21. The molecule has 1 aromatic heterocycles. The number of aliphatic imine (C=N–C) groups is 1. The van der Waals surface area contributed by atoms with Crippen LogP contribution in [0.15, 0.2) is 10.4 Å². The first-order valence-electron chi connectivity index (χ1n) is 8.34. The van der Waals surface area contributed by atoms with Crippen molar-refractivity contribution in [3.05, 3.63) is 16.1 Å². The highest BCUT2D eigenvalue weighted by molar-refractivity contribution is 14.0. The van der Waals surface area contributed by atoms with E-state index >= 15 is 0 Å². The standard InChI is InChI=1S/C16H25F3N4OS.HI/c1-20-14(21-9-13-23-12(10-25-13)16(17,18)19)22-11-15(7-8-24-2)5-3-4-6-15;/h10H,3-9,11H2,1-2H3,(H2,20,21,22);1H. The van der Waals surface area contributed by atoms with Gasteiger partial charge in [-0.25, -0.2) is 4.98 Å². The highest BCUT2D eigenvalue weighted by Crippen LogP contribution is 2.40. The van der Waals surface area contributed by atoms with Crippen molar-refractivity contribution in [3.8, 4) is 0 Å². The van der Waals surface area contributed by atoms with E-state index in [0.29, 0.717) is 11.0 Å². The number of nitrogens with zero attached hydrogens (tertiary/aromatic N) is 2. The van der Waals surface area contributed by atoms with Gasteiger partial charge in [0.1, 0.15) is 5.01 Å². The van der Waals surface area contributed by atoms with Gasteiger partial charge in [0.15, 0.2) is 11.7 Å². The summed E-state index contributed by atoms with van der Waals surface area (Å²) in [6.45, 7) is 1.72. The van der Waals surface area contributed by atoms with E-state index in [1.165, 1.54) is 12.8 Å². The molecule has 0 bridgehead atoms. The number of aromatic nitrogens is 1. The topological polar surface area (TPSA) is 58.5 Å². The summed E-state index contributed by atoms with van der Waals surface area (Å²) in [6.07, 6.45) is 1.34. The second kappa shape index (κ2) is 10.6. The molecule has 1 saturated carbocycles. The number of hydrogen-bond acceptors (Lipinski definition) is 4. The number of guanidine groups is 1. The van der Waals surface area contributed by atoms with Crippen molar-refractivity contribution in [1.82, 2.24) is 15.6 Å². The molecule has 0 spiro atoms. The Morgan fingerprint density at radius 3 is 2.58 bits per heavy atom. The second-order valence-electron chi connectivity index (χ2n) is 6.35. The molecule has 0 aliphatic heterocycles. The molecule has 0 unspecified atom stereocenters. The van der Waals surface area contributed by atoms with Gasteiger partial charge in [0.2, 0.25) is 0 Å². The maximum atomic E-state index is 12.6. The summed E-state index contributed by atoms with van der Waals surface area (Å²) in [6, 6.07) is 0. The normalized spacial score (nSPS) is 17.0. The molecule has 0 amide bonds. The Hall–Kier alpha value is -0.620. The molecule has 10 heteroatoms. The molecule has 1 aromatic rings. The third-order valence-corrected chi connectivity index (χ3v) is 5.45. The van der Waals surface area contributed by atoms with Crippen LogP contribution in [0.3, 0.4) is 0 Å². The van der Waals surface area contributed by atoms with E-state index in [1.807, 2.05) is 0 Å². The minimum atomic E-state index is -4.40. The predicted octanol–water partition coefficient (Wildman–Crippen LogP) is 4.04. The SMILES string of the molecule is CN=C(NCc1nc(C(F)(F)F)cs1)NCC1(CCOC)CCCC1.I. The molecule has 0 saturated heterocycles. The van der Waals surface area contributed by atoms with Crippen molar-refractivity contribution < 1.29 is 17.9 Å². The molecule has 150 valence electrons. The number of rotatable bonds is 7. The van der Waals surface area contributed by atoms with Gasteiger partial charge in [0.25, 0.3) is 0 Å². The monoisotopic (exact) mass is 506 g/mol. The van der Waals surface area contributed by atoms with Crippen LogP contribution in [0.1, 0.15) is 42.8 Å². The third-order valence-electron chi connectivity index (χ3n) is 4.60. The van der Waals surface area contributed by atoms with Crippen molar-refractivity contribution in [2.24, 2.45) is 10.4 Å². The minimum absolute atomic E-state index is 0. The quantitative estimate of drug-likeness (QED) is 0.333. The number of hydrogen-bond donors (Lipinski definition) is 2. The molecule has 1 fully saturated rings. The molecular formula is C16H26F3IN4OS. The van der Waals surface area contributed by atoms with Crippen LogP contribution in [-0.2, 0) is 17.5 Å². The predicted molar refractivity (Wildman–Crippen MR) is 108 cm³/mol. The molecule has 2 N–H and O–H groups in total. The molecule has 2 rings (SSSR count).